The Morgan fingerprint density at radius 3 is 2.54 bits per heavy atom. The van der Waals surface area contributed by atoms with Gasteiger partial charge in [0.15, 0.2) is 0 Å². The highest BCUT2D eigenvalue weighted by atomic mass is 15.2. The summed E-state index contributed by atoms with van der Waals surface area (Å²) in [6.07, 6.45) is 17.3. The maximum atomic E-state index is 6.74. The van der Waals surface area contributed by atoms with E-state index in [4.69, 9.17) is 12.2 Å². The zero-order valence-electron chi connectivity index (χ0n) is 15.1. The summed E-state index contributed by atoms with van der Waals surface area (Å²) in [5.41, 5.74) is 11.0. The van der Waals surface area contributed by atoms with Crippen LogP contribution in [0.15, 0.2) is 84.3 Å². The van der Waals surface area contributed by atoms with Gasteiger partial charge < -0.3 is 10.6 Å². The van der Waals surface area contributed by atoms with Crippen LogP contribution >= 0.6 is 0 Å². The van der Waals surface area contributed by atoms with Crippen LogP contribution in [-0.4, -0.2) is 17.0 Å². The van der Waals surface area contributed by atoms with Gasteiger partial charge in [0.05, 0.1) is 5.54 Å². The molecule has 1 fully saturated rings. The number of terminal acetylenes is 1. The summed E-state index contributed by atoms with van der Waals surface area (Å²) in [6.45, 7) is 19.1. The van der Waals surface area contributed by atoms with E-state index < -0.39 is 5.54 Å². The molecule has 1 aliphatic rings. The summed E-state index contributed by atoms with van der Waals surface area (Å²) in [7, 11) is 0. The Balaban J connectivity index is 3.20. The fourth-order valence-electron chi connectivity index (χ4n) is 2.87. The maximum Gasteiger partial charge on any atom is 0.0829 e. The van der Waals surface area contributed by atoms with E-state index in [1.807, 2.05) is 31.2 Å². The molecular weight excluding hydrogens is 292 g/mol. The second kappa shape index (κ2) is 8.38. The fraction of sp³-hybridized carbons (Fsp3) is 0.273. The number of allylic oxidation sites excluding steroid dienone is 7. The molecule has 126 valence electrons. The third-order valence-corrected chi connectivity index (χ3v) is 4.33. The zero-order chi connectivity index (χ0) is 18.3. The molecule has 2 heteroatoms. The van der Waals surface area contributed by atoms with E-state index in [1.54, 1.807) is 12.2 Å². The monoisotopic (exact) mass is 320 g/mol. The van der Waals surface area contributed by atoms with Crippen LogP contribution in [0.2, 0.25) is 0 Å². The van der Waals surface area contributed by atoms with Crippen LogP contribution in [0.3, 0.4) is 0 Å². The lowest BCUT2D eigenvalue weighted by Crippen LogP contribution is -2.42. The number of likely N-dealkylation sites (tertiary alicyclic amines) is 1. The van der Waals surface area contributed by atoms with Gasteiger partial charge in [-0.05, 0) is 50.5 Å². The predicted molar refractivity (Wildman–Crippen MR) is 106 cm³/mol. The van der Waals surface area contributed by atoms with Gasteiger partial charge in [-0.15, -0.1) is 6.42 Å². The molecule has 2 nitrogen and oxygen atoms in total. The van der Waals surface area contributed by atoms with Gasteiger partial charge in [0.2, 0.25) is 0 Å². The highest BCUT2D eigenvalue weighted by Gasteiger charge is 2.42. The molecule has 1 aliphatic heterocycles. The summed E-state index contributed by atoms with van der Waals surface area (Å²) in [5, 5.41) is 0. The van der Waals surface area contributed by atoms with Crippen molar-refractivity contribution >= 4 is 0 Å². The minimum absolute atomic E-state index is 0.670. The molecule has 0 aromatic carbocycles. The Bertz CT molecular complexity index is 688. The molecule has 24 heavy (non-hydrogen) atoms. The SMILES string of the molecule is C#C/C=C\C(=C/C)N1CCC(N)(C(=C)C(/C=C\C=C)=C(C)C)C1=C. The van der Waals surface area contributed by atoms with E-state index in [2.05, 4.69) is 44.4 Å². The Morgan fingerprint density at radius 2 is 2.04 bits per heavy atom. The number of rotatable bonds is 6. The zero-order valence-corrected chi connectivity index (χ0v) is 15.1. The van der Waals surface area contributed by atoms with Gasteiger partial charge in [-0.3, -0.25) is 0 Å². The predicted octanol–water partition coefficient (Wildman–Crippen LogP) is 4.63. The first kappa shape index (κ1) is 19.5. The number of nitrogens with two attached hydrogens (primary N) is 1. The van der Waals surface area contributed by atoms with Gasteiger partial charge in [0.25, 0.3) is 0 Å². The van der Waals surface area contributed by atoms with E-state index in [-0.39, 0.29) is 0 Å². The number of nitrogens with zero attached hydrogens (tertiary/aromatic N) is 1. The van der Waals surface area contributed by atoms with Crippen LogP contribution in [0.5, 0.6) is 0 Å². The number of hydrogen-bond acceptors (Lipinski definition) is 2. The molecule has 0 bridgehead atoms. The number of hydrogen-bond donors (Lipinski definition) is 1. The molecule has 1 saturated heterocycles. The summed E-state index contributed by atoms with van der Waals surface area (Å²) in [4.78, 5) is 2.11. The normalized spacial score (nSPS) is 21.4. The van der Waals surface area contributed by atoms with E-state index in [0.717, 1.165) is 41.1 Å². The van der Waals surface area contributed by atoms with Crippen molar-refractivity contribution in [2.75, 3.05) is 6.54 Å². The van der Waals surface area contributed by atoms with Crippen LogP contribution in [0, 0.1) is 12.3 Å². The van der Waals surface area contributed by atoms with E-state index in [1.165, 1.54) is 0 Å². The lowest BCUT2D eigenvalue weighted by molar-refractivity contribution is 0.498. The van der Waals surface area contributed by atoms with Crippen molar-refractivity contribution in [3.05, 3.63) is 84.3 Å². The van der Waals surface area contributed by atoms with Crippen LogP contribution in [0.1, 0.15) is 27.2 Å². The minimum Gasteiger partial charge on any atom is -0.344 e. The molecule has 0 aromatic heterocycles. The van der Waals surface area contributed by atoms with Gasteiger partial charge in [-0.1, -0.05) is 55.5 Å². The van der Waals surface area contributed by atoms with E-state index in [9.17, 15) is 0 Å². The van der Waals surface area contributed by atoms with Crippen molar-refractivity contribution in [2.45, 2.75) is 32.7 Å². The lowest BCUT2D eigenvalue weighted by Gasteiger charge is -2.32. The third-order valence-electron chi connectivity index (χ3n) is 4.33. The lowest BCUT2D eigenvalue weighted by atomic mass is 9.82. The summed E-state index contributed by atoms with van der Waals surface area (Å²) < 4.78 is 0. The average Bonchev–Trinajstić information content (AvgIpc) is 2.85. The molecule has 0 aliphatic carbocycles. The van der Waals surface area contributed by atoms with Gasteiger partial charge in [-0.2, -0.15) is 0 Å². The molecule has 1 rings (SSSR count). The van der Waals surface area contributed by atoms with Crippen molar-refractivity contribution in [2.24, 2.45) is 5.73 Å². The van der Waals surface area contributed by atoms with Crippen molar-refractivity contribution in [1.29, 1.82) is 0 Å². The van der Waals surface area contributed by atoms with Crippen molar-refractivity contribution in [3.63, 3.8) is 0 Å². The Kier molecular flexibility index (Phi) is 6.82. The smallest absolute Gasteiger partial charge is 0.0829 e. The molecular formula is C22H28N2. The second-order valence-electron chi connectivity index (χ2n) is 6.02. The quantitative estimate of drug-likeness (QED) is 0.571. The Hall–Kier alpha value is -2.50. The molecule has 0 amide bonds. The fourth-order valence-corrected chi connectivity index (χ4v) is 2.87. The van der Waals surface area contributed by atoms with Gasteiger partial charge >= 0.3 is 0 Å². The first-order valence-electron chi connectivity index (χ1n) is 8.04. The molecule has 0 aromatic rings. The van der Waals surface area contributed by atoms with Crippen molar-refractivity contribution in [3.8, 4) is 12.3 Å². The van der Waals surface area contributed by atoms with E-state index >= 15 is 0 Å². The van der Waals surface area contributed by atoms with Crippen LogP contribution in [0.25, 0.3) is 0 Å². The maximum absolute atomic E-state index is 6.74. The van der Waals surface area contributed by atoms with Crippen LogP contribution in [0.4, 0.5) is 0 Å². The van der Waals surface area contributed by atoms with Crippen LogP contribution in [-0.2, 0) is 0 Å². The topological polar surface area (TPSA) is 29.3 Å². The first-order chi connectivity index (χ1) is 11.3. The Morgan fingerprint density at radius 1 is 1.38 bits per heavy atom. The minimum atomic E-state index is -0.670. The summed E-state index contributed by atoms with van der Waals surface area (Å²) in [6, 6.07) is 0. The van der Waals surface area contributed by atoms with E-state index in [0.29, 0.717) is 0 Å². The standard InChI is InChI=1S/C22H28N2/c1-8-11-13-20(10-3)24-16-15-22(23,19(24)7)18(6)21(17(4)5)14-12-9-2/h1,9-14H,2,6-7,15-16,23H2,3-5H3/b13-11-,14-12-,20-10+. The molecule has 0 radical (unpaired) electrons. The molecule has 1 atom stereocenters. The Labute approximate surface area is 147 Å². The molecule has 2 N–H and O–H groups in total. The van der Waals surface area contributed by atoms with Crippen molar-refractivity contribution < 1.29 is 0 Å². The average molecular weight is 320 g/mol. The van der Waals surface area contributed by atoms with Gasteiger partial charge in [-0.25, -0.2) is 0 Å². The summed E-state index contributed by atoms with van der Waals surface area (Å²) >= 11 is 0. The molecule has 1 unspecified atom stereocenters. The molecule has 0 spiro atoms. The highest BCUT2D eigenvalue weighted by Crippen LogP contribution is 2.40. The largest absolute Gasteiger partial charge is 0.344 e. The third kappa shape index (κ3) is 3.88. The first-order valence-corrected chi connectivity index (χ1v) is 8.04. The molecule has 0 saturated carbocycles. The molecule has 1 heterocycles. The second-order valence-corrected chi connectivity index (χ2v) is 6.02. The van der Waals surface area contributed by atoms with Crippen molar-refractivity contribution in [1.82, 2.24) is 4.90 Å². The van der Waals surface area contributed by atoms with Crippen LogP contribution < -0.4 is 5.73 Å². The summed E-state index contributed by atoms with van der Waals surface area (Å²) in [5.74, 6) is 2.52. The van der Waals surface area contributed by atoms with Gasteiger partial charge in [0.1, 0.15) is 0 Å². The highest BCUT2D eigenvalue weighted by molar-refractivity contribution is 5.53. The van der Waals surface area contributed by atoms with Gasteiger partial charge in [0, 0.05) is 17.9 Å².